The van der Waals surface area contributed by atoms with Gasteiger partial charge in [-0.1, -0.05) is 6.92 Å². The minimum atomic E-state index is -0.919. The van der Waals surface area contributed by atoms with Gasteiger partial charge in [0.1, 0.15) is 0 Å². The molecular formula is C13H24N2O4. The third-order valence-electron chi connectivity index (χ3n) is 3.64. The van der Waals surface area contributed by atoms with E-state index in [1.165, 1.54) is 0 Å². The topological polar surface area (TPSA) is 78.9 Å². The molecule has 0 spiro atoms. The molecule has 2 N–H and O–H groups in total. The number of nitrogens with one attached hydrogen (secondary N) is 1. The Morgan fingerprint density at radius 3 is 2.58 bits per heavy atom. The van der Waals surface area contributed by atoms with Gasteiger partial charge in [-0.3, -0.25) is 4.79 Å². The molecule has 2 amide bonds. The van der Waals surface area contributed by atoms with E-state index in [1.54, 1.807) is 18.7 Å². The van der Waals surface area contributed by atoms with Crippen molar-refractivity contribution in [2.24, 2.45) is 5.41 Å². The number of aliphatic carboxylic acids is 1. The van der Waals surface area contributed by atoms with Gasteiger partial charge in [0.25, 0.3) is 0 Å². The molecule has 19 heavy (non-hydrogen) atoms. The number of ether oxygens (including phenoxy) is 1. The first-order valence-electron chi connectivity index (χ1n) is 6.60. The molecule has 0 aromatic rings. The monoisotopic (exact) mass is 272 g/mol. The number of hydrogen-bond donors (Lipinski definition) is 2. The molecule has 0 aromatic carbocycles. The number of urea groups is 1. The fourth-order valence-electron chi connectivity index (χ4n) is 1.92. The molecule has 6 nitrogen and oxygen atoms in total. The molecule has 1 aliphatic rings. The summed E-state index contributed by atoms with van der Waals surface area (Å²) in [6.45, 7) is 8.98. The standard InChI is InChI=1S/C13H24N2O4/c1-5-13(4,10(16)17)8-14-11(18)15-6-7-19-12(2,3)9-15/h5-9H2,1-4H3,(H,14,18)(H,16,17). The average Bonchev–Trinajstić information content (AvgIpc) is 2.34. The van der Waals surface area contributed by atoms with Crippen molar-refractivity contribution in [1.82, 2.24) is 10.2 Å². The van der Waals surface area contributed by atoms with Crippen molar-refractivity contribution in [2.75, 3.05) is 26.2 Å². The highest BCUT2D eigenvalue weighted by Gasteiger charge is 2.34. The van der Waals surface area contributed by atoms with Gasteiger partial charge >= 0.3 is 12.0 Å². The van der Waals surface area contributed by atoms with Crippen LogP contribution in [0, 0.1) is 5.41 Å². The van der Waals surface area contributed by atoms with Gasteiger partial charge in [-0.2, -0.15) is 0 Å². The van der Waals surface area contributed by atoms with E-state index in [4.69, 9.17) is 9.84 Å². The first-order valence-corrected chi connectivity index (χ1v) is 6.60. The van der Waals surface area contributed by atoms with E-state index in [-0.39, 0.29) is 18.2 Å². The molecule has 110 valence electrons. The minimum Gasteiger partial charge on any atom is -0.481 e. The third-order valence-corrected chi connectivity index (χ3v) is 3.64. The number of rotatable bonds is 4. The molecule has 0 bridgehead atoms. The molecule has 1 fully saturated rings. The molecular weight excluding hydrogens is 248 g/mol. The van der Waals surface area contributed by atoms with Gasteiger partial charge in [-0.25, -0.2) is 4.79 Å². The van der Waals surface area contributed by atoms with E-state index in [0.717, 1.165) is 0 Å². The molecule has 0 radical (unpaired) electrons. The second kappa shape index (κ2) is 5.77. The van der Waals surface area contributed by atoms with E-state index in [1.807, 2.05) is 13.8 Å². The predicted molar refractivity (Wildman–Crippen MR) is 71.0 cm³/mol. The quantitative estimate of drug-likeness (QED) is 0.808. The van der Waals surface area contributed by atoms with Crippen LogP contribution in [0.1, 0.15) is 34.1 Å². The summed E-state index contributed by atoms with van der Waals surface area (Å²) in [6.07, 6.45) is 0.469. The smallest absolute Gasteiger partial charge is 0.317 e. The minimum absolute atomic E-state index is 0.134. The number of carboxylic acids is 1. The van der Waals surface area contributed by atoms with Gasteiger partial charge in [0, 0.05) is 13.1 Å². The molecule has 1 saturated heterocycles. The van der Waals surface area contributed by atoms with Gasteiger partial charge in [0.15, 0.2) is 0 Å². The second-order valence-electron chi connectivity index (χ2n) is 5.91. The maximum Gasteiger partial charge on any atom is 0.317 e. The largest absolute Gasteiger partial charge is 0.481 e. The maximum absolute atomic E-state index is 12.0. The number of carboxylic acid groups (broad SMARTS) is 1. The summed E-state index contributed by atoms with van der Waals surface area (Å²) in [6, 6.07) is -0.225. The maximum atomic E-state index is 12.0. The SMILES string of the molecule is CCC(C)(CNC(=O)N1CCOC(C)(C)C1)C(=O)O. The van der Waals surface area contributed by atoms with Crippen molar-refractivity contribution < 1.29 is 19.4 Å². The molecule has 0 aromatic heterocycles. The zero-order valence-corrected chi connectivity index (χ0v) is 12.2. The number of carbonyl (C=O) groups excluding carboxylic acids is 1. The Bertz CT molecular complexity index is 357. The molecule has 0 saturated carbocycles. The van der Waals surface area contributed by atoms with Crippen molar-refractivity contribution >= 4 is 12.0 Å². The molecule has 6 heteroatoms. The van der Waals surface area contributed by atoms with Crippen LogP contribution in [0.3, 0.4) is 0 Å². The van der Waals surface area contributed by atoms with Crippen LogP contribution in [0.25, 0.3) is 0 Å². The molecule has 1 atom stereocenters. The lowest BCUT2D eigenvalue weighted by Crippen LogP contribution is -2.55. The number of nitrogens with zero attached hydrogens (tertiary/aromatic N) is 1. The van der Waals surface area contributed by atoms with Crippen molar-refractivity contribution in [3.8, 4) is 0 Å². The molecule has 1 heterocycles. The molecule has 0 aliphatic carbocycles. The van der Waals surface area contributed by atoms with Crippen molar-refractivity contribution in [3.05, 3.63) is 0 Å². The van der Waals surface area contributed by atoms with Crippen LogP contribution in [0.15, 0.2) is 0 Å². The summed E-state index contributed by atoms with van der Waals surface area (Å²) in [7, 11) is 0. The molecule has 1 aliphatic heterocycles. The Morgan fingerprint density at radius 2 is 2.11 bits per heavy atom. The van der Waals surface area contributed by atoms with Gasteiger partial charge < -0.3 is 20.1 Å². The lowest BCUT2D eigenvalue weighted by molar-refractivity contribution is -0.147. The Balaban J connectivity index is 2.54. The van der Waals surface area contributed by atoms with Crippen molar-refractivity contribution in [3.63, 3.8) is 0 Å². The lowest BCUT2D eigenvalue weighted by atomic mass is 9.88. The van der Waals surface area contributed by atoms with Crippen molar-refractivity contribution in [1.29, 1.82) is 0 Å². The van der Waals surface area contributed by atoms with Crippen LogP contribution in [-0.2, 0) is 9.53 Å². The lowest BCUT2D eigenvalue weighted by Gasteiger charge is -2.38. The van der Waals surface area contributed by atoms with Gasteiger partial charge in [-0.05, 0) is 27.2 Å². The summed E-state index contributed by atoms with van der Waals surface area (Å²) < 4.78 is 5.53. The average molecular weight is 272 g/mol. The van der Waals surface area contributed by atoms with E-state index >= 15 is 0 Å². The highest BCUT2D eigenvalue weighted by molar-refractivity contribution is 5.78. The number of carbonyl (C=O) groups is 2. The zero-order chi connectivity index (χ0) is 14.7. The number of hydrogen-bond acceptors (Lipinski definition) is 3. The first kappa shape index (κ1) is 15.8. The van der Waals surface area contributed by atoms with Gasteiger partial charge in [0.2, 0.25) is 0 Å². The van der Waals surface area contributed by atoms with Gasteiger partial charge in [0.05, 0.1) is 24.2 Å². The summed E-state index contributed by atoms with van der Waals surface area (Å²) in [5.41, 5.74) is -1.27. The third kappa shape index (κ3) is 4.09. The van der Waals surface area contributed by atoms with Crippen LogP contribution < -0.4 is 5.32 Å². The number of morpholine rings is 1. The van der Waals surface area contributed by atoms with E-state index < -0.39 is 11.4 Å². The van der Waals surface area contributed by atoms with E-state index in [9.17, 15) is 9.59 Å². The Hall–Kier alpha value is -1.30. The molecule has 1 rings (SSSR count). The van der Waals surface area contributed by atoms with Crippen LogP contribution in [-0.4, -0.2) is 53.8 Å². The normalized spacial score (nSPS) is 21.6. The van der Waals surface area contributed by atoms with E-state index in [0.29, 0.717) is 26.1 Å². The highest BCUT2D eigenvalue weighted by atomic mass is 16.5. The predicted octanol–water partition coefficient (Wildman–Crippen LogP) is 1.31. The van der Waals surface area contributed by atoms with Crippen molar-refractivity contribution in [2.45, 2.75) is 39.7 Å². The van der Waals surface area contributed by atoms with Crippen LogP contribution >= 0.6 is 0 Å². The van der Waals surface area contributed by atoms with Crippen LogP contribution in [0.2, 0.25) is 0 Å². The molecule has 1 unspecified atom stereocenters. The summed E-state index contributed by atoms with van der Waals surface area (Å²) in [5, 5.41) is 11.9. The number of amides is 2. The van der Waals surface area contributed by atoms with E-state index in [2.05, 4.69) is 5.32 Å². The van der Waals surface area contributed by atoms with Crippen LogP contribution in [0.4, 0.5) is 4.79 Å². The fourth-order valence-corrected chi connectivity index (χ4v) is 1.92. The Morgan fingerprint density at radius 1 is 1.47 bits per heavy atom. The Labute approximate surface area is 114 Å². The summed E-state index contributed by atoms with van der Waals surface area (Å²) in [4.78, 5) is 24.9. The summed E-state index contributed by atoms with van der Waals surface area (Å²) >= 11 is 0. The fraction of sp³-hybridized carbons (Fsp3) is 0.846. The van der Waals surface area contributed by atoms with Gasteiger partial charge in [-0.15, -0.1) is 0 Å². The zero-order valence-electron chi connectivity index (χ0n) is 12.2. The van der Waals surface area contributed by atoms with Crippen LogP contribution in [0.5, 0.6) is 0 Å². The highest BCUT2D eigenvalue weighted by Crippen LogP contribution is 2.21. The Kier molecular flexibility index (Phi) is 4.79. The first-order chi connectivity index (χ1) is 8.70. The summed E-state index contributed by atoms with van der Waals surface area (Å²) in [5.74, 6) is -0.891. The second-order valence-corrected chi connectivity index (χ2v) is 5.91.